The largest absolute Gasteiger partial charge is 0.263 e. The average molecular weight is 399 g/mol. The lowest BCUT2D eigenvalue weighted by molar-refractivity contribution is 0.605. The molecule has 7 heteroatoms. The van der Waals surface area contributed by atoms with Gasteiger partial charge in [-0.25, -0.2) is 12.8 Å². The third-order valence-electron chi connectivity index (χ3n) is 1.21. The van der Waals surface area contributed by atoms with Crippen LogP contribution in [0.25, 0.3) is 0 Å². The van der Waals surface area contributed by atoms with Gasteiger partial charge in [-0.05, 0) is 50.7 Å². The molecular formula is C6H2BrClFIO2S. The summed E-state index contributed by atoms with van der Waals surface area (Å²) in [6, 6.07) is 2.15. The predicted octanol–water partition coefficient (Wildman–Crippen LogP) is 3.12. The summed E-state index contributed by atoms with van der Waals surface area (Å²) >= 11 is 4.63. The highest BCUT2D eigenvalue weighted by atomic mass is 127. The van der Waals surface area contributed by atoms with Gasteiger partial charge >= 0.3 is 0 Å². The maximum absolute atomic E-state index is 12.7. The first-order valence-electron chi connectivity index (χ1n) is 2.91. The predicted molar refractivity (Wildman–Crippen MR) is 59.9 cm³/mol. The van der Waals surface area contributed by atoms with E-state index in [0.29, 0.717) is 0 Å². The van der Waals surface area contributed by atoms with Crippen molar-refractivity contribution in [1.82, 2.24) is 0 Å². The summed E-state index contributed by atoms with van der Waals surface area (Å²) in [6.45, 7) is 0. The van der Waals surface area contributed by atoms with E-state index in [9.17, 15) is 12.8 Å². The summed E-state index contributed by atoms with van der Waals surface area (Å²) in [7, 11) is 1.31. The van der Waals surface area contributed by atoms with E-state index < -0.39 is 14.9 Å². The summed E-state index contributed by atoms with van der Waals surface area (Å²) in [5.41, 5.74) is 0. The van der Waals surface area contributed by atoms with Gasteiger partial charge in [0.05, 0.1) is 0 Å². The average Bonchev–Trinajstić information content (AvgIpc) is 1.78. The molecule has 0 N–H and O–H groups in total. The monoisotopic (exact) mass is 398 g/mol. The van der Waals surface area contributed by atoms with Crippen LogP contribution < -0.4 is 0 Å². The van der Waals surface area contributed by atoms with E-state index >= 15 is 0 Å². The molecule has 0 aromatic heterocycles. The van der Waals surface area contributed by atoms with Crippen molar-refractivity contribution < 1.29 is 12.8 Å². The minimum absolute atomic E-state index is 0.101. The molecule has 0 spiro atoms. The molecule has 0 aliphatic rings. The topological polar surface area (TPSA) is 34.1 Å². The molecule has 0 aliphatic carbocycles. The van der Waals surface area contributed by atoms with Crippen LogP contribution in [-0.4, -0.2) is 8.42 Å². The molecule has 72 valence electrons. The molecule has 0 unspecified atom stereocenters. The lowest BCUT2D eigenvalue weighted by atomic mass is 10.3. The second-order valence-electron chi connectivity index (χ2n) is 2.14. The molecule has 0 atom stereocenters. The summed E-state index contributed by atoms with van der Waals surface area (Å²) in [6.07, 6.45) is 0. The zero-order valence-electron chi connectivity index (χ0n) is 5.89. The van der Waals surface area contributed by atoms with Crippen LogP contribution in [0.3, 0.4) is 0 Å². The van der Waals surface area contributed by atoms with Crippen LogP contribution in [-0.2, 0) is 9.05 Å². The maximum atomic E-state index is 12.7. The first-order valence-corrected chi connectivity index (χ1v) is 7.09. The van der Waals surface area contributed by atoms with Crippen LogP contribution in [0.15, 0.2) is 21.5 Å². The van der Waals surface area contributed by atoms with Gasteiger partial charge in [-0.2, -0.15) is 0 Å². The summed E-state index contributed by atoms with van der Waals surface area (Å²) < 4.78 is 35.1. The van der Waals surface area contributed by atoms with Crippen LogP contribution in [0.2, 0.25) is 0 Å². The fourth-order valence-electron chi connectivity index (χ4n) is 0.762. The van der Waals surface area contributed by atoms with Crippen molar-refractivity contribution in [2.45, 2.75) is 4.90 Å². The van der Waals surface area contributed by atoms with E-state index in [4.69, 9.17) is 10.7 Å². The molecule has 0 heterocycles. The molecule has 0 saturated carbocycles. The van der Waals surface area contributed by atoms with Crippen molar-refractivity contribution >= 4 is 58.3 Å². The van der Waals surface area contributed by atoms with E-state index in [2.05, 4.69) is 15.9 Å². The van der Waals surface area contributed by atoms with E-state index in [1.165, 1.54) is 0 Å². The normalized spacial score (nSPS) is 11.7. The molecule has 0 aliphatic heterocycles. The molecular weight excluding hydrogens is 397 g/mol. The number of halogens is 4. The lowest BCUT2D eigenvalue weighted by Gasteiger charge is -2.02. The Balaban J connectivity index is 3.57. The van der Waals surface area contributed by atoms with Crippen molar-refractivity contribution in [2.24, 2.45) is 0 Å². The van der Waals surface area contributed by atoms with Gasteiger partial charge in [0.25, 0.3) is 9.05 Å². The SMILES string of the molecule is O=S(=O)(Cl)c1c(Br)cc(F)cc1I. The third kappa shape index (κ3) is 2.77. The number of benzene rings is 1. The highest BCUT2D eigenvalue weighted by molar-refractivity contribution is 14.1. The van der Waals surface area contributed by atoms with Gasteiger partial charge < -0.3 is 0 Å². The highest BCUT2D eigenvalue weighted by Gasteiger charge is 2.19. The van der Waals surface area contributed by atoms with Crippen molar-refractivity contribution in [1.29, 1.82) is 0 Å². The van der Waals surface area contributed by atoms with Crippen molar-refractivity contribution in [2.75, 3.05) is 0 Å². The van der Waals surface area contributed by atoms with Gasteiger partial charge in [0.15, 0.2) is 0 Å². The number of hydrogen-bond acceptors (Lipinski definition) is 2. The second-order valence-corrected chi connectivity index (χ2v) is 6.66. The summed E-state index contributed by atoms with van der Waals surface area (Å²) in [5.74, 6) is -0.514. The van der Waals surface area contributed by atoms with Gasteiger partial charge in [0, 0.05) is 18.7 Å². The molecule has 1 rings (SSSR count). The minimum atomic E-state index is -3.83. The first kappa shape index (κ1) is 11.7. The van der Waals surface area contributed by atoms with Crippen molar-refractivity contribution in [3.63, 3.8) is 0 Å². The number of hydrogen-bond donors (Lipinski definition) is 0. The van der Waals surface area contributed by atoms with Crippen LogP contribution in [0.5, 0.6) is 0 Å². The van der Waals surface area contributed by atoms with Crippen LogP contribution in [0, 0.1) is 9.39 Å². The van der Waals surface area contributed by atoms with E-state index in [1.807, 2.05) is 0 Å². The minimum Gasteiger partial charge on any atom is -0.207 e. The summed E-state index contributed by atoms with van der Waals surface area (Å²) in [5, 5.41) is 0. The Morgan fingerprint density at radius 3 is 2.38 bits per heavy atom. The van der Waals surface area contributed by atoms with Gasteiger partial charge in [0.2, 0.25) is 0 Å². The molecule has 2 nitrogen and oxygen atoms in total. The quantitative estimate of drug-likeness (QED) is 0.537. The van der Waals surface area contributed by atoms with Crippen molar-refractivity contribution in [3.8, 4) is 0 Å². The van der Waals surface area contributed by atoms with Crippen LogP contribution >= 0.6 is 49.2 Å². The Morgan fingerprint density at radius 2 is 2.00 bits per heavy atom. The zero-order chi connectivity index (χ0) is 10.2. The molecule has 0 bridgehead atoms. The molecule has 0 radical (unpaired) electrons. The molecule has 1 aromatic rings. The lowest BCUT2D eigenvalue weighted by Crippen LogP contribution is -1.97. The van der Waals surface area contributed by atoms with Crippen LogP contribution in [0.1, 0.15) is 0 Å². The number of rotatable bonds is 1. The van der Waals surface area contributed by atoms with E-state index in [0.717, 1.165) is 12.1 Å². The van der Waals surface area contributed by atoms with Gasteiger partial charge in [-0.15, -0.1) is 0 Å². The smallest absolute Gasteiger partial charge is 0.207 e. The Morgan fingerprint density at radius 1 is 1.46 bits per heavy atom. The standard InChI is InChI=1S/C6H2BrClFIO2S/c7-4-1-3(9)2-5(10)6(4)13(8,11)12/h1-2H. The molecule has 13 heavy (non-hydrogen) atoms. The van der Waals surface area contributed by atoms with Gasteiger partial charge in [-0.1, -0.05) is 0 Å². The van der Waals surface area contributed by atoms with Crippen LogP contribution in [0.4, 0.5) is 4.39 Å². The first-order chi connectivity index (χ1) is 5.82. The molecule has 0 saturated heterocycles. The zero-order valence-corrected chi connectivity index (χ0v) is 11.2. The summed E-state index contributed by atoms with van der Waals surface area (Å²) in [4.78, 5) is -0.101. The Kier molecular flexibility index (Phi) is 3.59. The van der Waals surface area contributed by atoms with Gasteiger partial charge in [0.1, 0.15) is 10.7 Å². The van der Waals surface area contributed by atoms with Gasteiger partial charge in [-0.3, -0.25) is 0 Å². The Labute approximate surface area is 101 Å². The molecule has 0 fully saturated rings. The fraction of sp³-hybridized carbons (Fsp3) is 0. The van der Waals surface area contributed by atoms with Crippen molar-refractivity contribution in [3.05, 3.63) is 26.0 Å². The fourth-order valence-corrected chi connectivity index (χ4v) is 5.41. The highest BCUT2D eigenvalue weighted by Crippen LogP contribution is 2.30. The maximum Gasteiger partial charge on any atom is 0.263 e. The molecule has 0 amide bonds. The Bertz CT molecular complexity index is 425. The second kappa shape index (κ2) is 4.00. The molecule has 1 aromatic carbocycles. The van der Waals surface area contributed by atoms with E-state index in [-0.39, 0.29) is 12.9 Å². The Hall–Kier alpha value is 0.600. The van der Waals surface area contributed by atoms with E-state index in [1.54, 1.807) is 22.6 Å². The third-order valence-corrected chi connectivity index (χ3v) is 4.70.